The highest BCUT2D eigenvalue weighted by Gasteiger charge is 2.20. The SMILES string of the molecule is COc1ccccc1-n1cnn(CN2CCN(CC(=O)Nc3cccc(C)c3C)CC2)c1=S. The van der Waals surface area contributed by atoms with Gasteiger partial charge in [0.1, 0.15) is 12.1 Å². The number of nitrogens with one attached hydrogen (secondary N) is 1. The lowest BCUT2D eigenvalue weighted by Crippen LogP contribution is -2.49. The van der Waals surface area contributed by atoms with E-state index in [2.05, 4.69) is 33.2 Å². The topological polar surface area (TPSA) is 67.6 Å². The van der Waals surface area contributed by atoms with Crippen molar-refractivity contribution in [3.63, 3.8) is 0 Å². The molecule has 1 saturated heterocycles. The van der Waals surface area contributed by atoms with Crippen LogP contribution in [0, 0.1) is 18.6 Å². The molecule has 0 aliphatic carbocycles. The van der Waals surface area contributed by atoms with Crippen molar-refractivity contribution in [3.8, 4) is 11.4 Å². The van der Waals surface area contributed by atoms with Gasteiger partial charge in [-0.25, -0.2) is 4.68 Å². The number of amides is 1. The zero-order valence-corrected chi connectivity index (χ0v) is 20.1. The van der Waals surface area contributed by atoms with Crippen LogP contribution in [0.2, 0.25) is 0 Å². The number of carbonyl (C=O) groups is 1. The summed E-state index contributed by atoms with van der Waals surface area (Å²) in [5.74, 6) is 0.774. The molecule has 9 heteroatoms. The molecule has 1 aromatic heterocycles. The Morgan fingerprint density at radius 1 is 1.06 bits per heavy atom. The standard InChI is InChI=1S/C24H30N6O2S/c1-18-7-6-8-20(19(18)2)26-23(31)15-27-11-13-28(14-12-27)17-30-24(33)29(16-25-30)21-9-4-5-10-22(21)32-3/h4-10,16H,11-15,17H2,1-3H3,(H,26,31). The average Bonchev–Trinajstić information content (AvgIpc) is 3.18. The van der Waals surface area contributed by atoms with E-state index in [1.165, 1.54) is 5.56 Å². The van der Waals surface area contributed by atoms with Gasteiger partial charge in [-0.15, -0.1) is 0 Å². The largest absolute Gasteiger partial charge is 0.495 e. The van der Waals surface area contributed by atoms with Crippen molar-refractivity contribution in [3.05, 3.63) is 64.7 Å². The third kappa shape index (κ3) is 5.32. The number of anilines is 1. The van der Waals surface area contributed by atoms with Crippen LogP contribution in [0.5, 0.6) is 5.75 Å². The predicted molar refractivity (Wildman–Crippen MR) is 131 cm³/mol. The fourth-order valence-electron chi connectivity index (χ4n) is 3.99. The van der Waals surface area contributed by atoms with E-state index in [0.29, 0.717) is 18.0 Å². The first-order chi connectivity index (χ1) is 16.0. The van der Waals surface area contributed by atoms with E-state index in [-0.39, 0.29) is 5.91 Å². The van der Waals surface area contributed by atoms with E-state index in [9.17, 15) is 4.79 Å². The first-order valence-electron chi connectivity index (χ1n) is 11.0. The molecule has 1 fully saturated rings. The predicted octanol–water partition coefficient (Wildman–Crippen LogP) is 3.24. The Labute approximate surface area is 199 Å². The summed E-state index contributed by atoms with van der Waals surface area (Å²) in [7, 11) is 1.65. The number of ether oxygens (including phenoxy) is 1. The summed E-state index contributed by atoms with van der Waals surface area (Å²) in [6, 6.07) is 13.7. The van der Waals surface area contributed by atoms with Gasteiger partial charge in [0.2, 0.25) is 10.7 Å². The first kappa shape index (κ1) is 23.2. The summed E-state index contributed by atoms with van der Waals surface area (Å²) in [6.45, 7) is 8.42. The molecule has 1 aliphatic rings. The molecule has 174 valence electrons. The highest BCUT2D eigenvalue weighted by atomic mass is 32.1. The molecule has 33 heavy (non-hydrogen) atoms. The van der Waals surface area contributed by atoms with Gasteiger partial charge >= 0.3 is 0 Å². The molecule has 3 aromatic rings. The third-order valence-corrected chi connectivity index (χ3v) is 6.53. The minimum absolute atomic E-state index is 0.0231. The van der Waals surface area contributed by atoms with Gasteiger partial charge in [-0.2, -0.15) is 5.10 Å². The molecule has 4 rings (SSSR count). The number of piperazine rings is 1. The van der Waals surface area contributed by atoms with Gasteiger partial charge in [-0.1, -0.05) is 24.3 Å². The number of rotatable bonds is 7. The maximum absolute atomic E-state index is 12.5. The minimum Gasteiger partial charge on any atom is -0.495 e. The van der Waals surface area contributed by atoms with Crippen LogP contribution in [0.25, 0.3) is 5.69 Å². The van der Waals surface area contributed by atoms with E-state index in [1.807, 2.05) is 52.6 Å². The number of hydrogen-bond donors (Lipinski definition) is 1. The van der Waals surface area contributed by atoms with E-state index in [4.69, 9.17) is 17.0 Å². The van der Waals surface area contributed by atoms with Gasteiger partial charge in [-0.3, -0.25) is 19.2 Å². The number of benzene rings is 2. The lowest BCUT2D eigenvalue weighted by atomic mass is 10.1. The zero-order valence-electron chi connectivity index (χ0n) is 19.3. The van der Waals surface area contributed by atoms with Crippen LogP contribution in [-0.2, 0) is 11.5 Å². The number of hydrogen-bond acceptors (Lipinski definition) is 6. The Kier molecular flexibility index (Phi) is 7.22. The number of carbonyl (C=O) groups excluding carboxylic acids is 1. The molecular weight excluding hydrogens is 436 g/mol. The van der Waals surface area contributed by atoms with Gasteiger partial charge in [-0.05, 0) is 55.4 Å². The smallest absolute Gasteiger partial charge is 0.238 e. The van der Waals surface area contributed by atoms with Gasteiger partial charge in [0.25, 0.3) is 0 Å². The van der Waals surface area contributed by atoms with E-state index < -0.39 is 0 Å². The number of methoxy groups -OCH3 is 1. The van der Waals surface area contributed by atoms with E-state index in [0.717, 1.165) is 48.9 Å². The van der Waals surface area contributed by atoms with Crippen molar-refractivity contribution in [2.75, 3.05) is 45.2 Å². The Hall–Kier alpha value is -3.01. The van der Waals surface area contributed by atoms with Crippen molar-refractivity contribution in [1.29, 1.82) is 0 Å². The molecular formula is C24H30N6O2S. The van der Waals surface area contributed by atoms with Crippen LogP contribution < -0.4 is 10.1 Å². The van der Waals surface area contributed by atoms with Crippen molar-refractivity contribution in [2.45, 2.75) is 20.5 Å². The molecule has 1 N–H and O–H groups in total. The normalized spacial score (nSPS) is 14.9. The molecule has 0 bridgehead atoms. The van der Waals surface area contributed by atoms with Gasteiger partial charge in [0.15, 0.2) is 0 Å². The zero-order chi connectivity index (χ0) is 23.4. The number of aromatic nitrogens is 3. The second kappa shape index (κ2) is 10.3. The summed E-state index contributed by atoms with van der Waals surface area (Å²) in [6.07, 6.45) is 1.73. The highest BCUT2D eigenvalue weighted by molar-refractivity contribution is 7.71. The Morgan fingerprint density at radius 3 is 2.55 bits per heavy atom. The van der Waals surface area contributed by atoms with Crippen molar-refractivity contribution >= 4 is 23.8 Å². The molecule has 2 aromatic carbocycles. The summed E-state index contributed by atoms with van der Waals surface area (Å²) >= 11 is 5.66. The second-order valence-electron chi connectivity index (χ2n) is 8.29. The Bertz CT molecular complexity index is 1180. The van der Waals surface area contributed by atoms with Crippen LogP contribution in [0.3, 0.4) is 0 Å². The third-order valence-electron chi connectivity index (χ3n) is 6.12. The maximum atomic E-state index is 12.5. The molecule has 0 atom stereocenters. The summed E-state index contributed by atoms with van der Waals surface area (Å²) in [5.41, 5.74) is 4.04. The summed E-state index contributed by atoms with van der Waals surface area (Å²) in [4.78, 5) is 17.0. The Morgan fingerprint density at radius 2 is 1.79 bits per heavy atom. The highest BCUT2D eigenvalue weighted by Crippen LogP contribution is 2.22. The minimum atomic E-state index is 0.0231. The lowest BCUT2D eigenvalue weighted by molar-refractivity contribution is -0.117. The Balaban J connectivity index is 1.31. The molecule has 2 heterocycles. The molecule has 1 aliphatic heterocycles. The van der Waals surface area contributed by atoms with Crippen molar-refractivity contribution < 1.29 is 9.53 Å². The molecule has 0 spiro atoms. The van der Waals surface area contributed by atoms with Crippen molar-refractivity contribution in [1.82, 2.24) is 24.1 Å². The summed E-state index contributed by atoms with van der Waals surface area (Å²) < 4.78 is 9.76. The van der Waals surface area contributed by atoms with E-state index in [1.54, 1.807) is 13.4 Å². The van der Waals surface area contributed by atoms with Gasteiger partial charge in [0.05, 0.1) is 26.0 Å². The summed E-state index contributed by atoms with van der Waals surface area (Å²) in [5, 5.41) is 7.54. The number of para-hydroxylation sites is 2. The van der Waals surface area contributed by atoms with Crippen LogP contribution in [0.15, 0.2) is 48.8 Å². The van der Waals surface area contributed by atoms with E-state index >= 15 is 0 Å². The second-order valence-corrected chi connectivity index (χ2v) is 8.65. The lowest BCUT2D eigenvalue weighted by Gasteiger charge is -2.34. The first-order valence-corrected chi connectivity index (χ1v) is 11.5. The van der Waals surface area contributed by atoms with Crippen LogP contribution >= 0.6 is 12.2 Å². The number of aryl methyl sites for hydroxylation is 1. The quantitative estimate of drug-likeness (QED) is 0.539. The van der Waals surface area contributed by atoms with Gasteiger partial charge < -0.3 is 10.1 Å². The molecule has 1 amide bonds. The monoisotopic (exact) mass is 466 g/mol. The number of nitrogens with zero attached hydrogens (tertiary/aromatic N) is 5. The van der Waals surface area contributed by atoms with Crippen molar-refractivity contribution in [2.24, 2.45) is 0 Å². The van der Waals surface area contributed by atoms with Crippen LogP contribution in [0.1, 0.15) is 11.1 Å². The molecule has 8 nitrogen and oxygen atoms in total. The molecule has 0 saturated carbocycles. The molecule has 0 unspecified atom stereocenters. The average molecular weight is 467 g/mol. The van der Waals surface area contributed by atoms with Crippen LogP contribution in [0.4, 0.5) is 5.69 Å². The maximum Gasteiger partial charge on any atom is 0.238 e. The van der Waals surface area contributed by atoms with Crippen LogP contribution in [-0.4, -0.2) is 69.9 Å². The van der Waals surface area contributed by atoms with Gasteiger partial charge in [0, 0.05) is 31.9 Å². The molecule has 0 radical (unpaired) electrons. The fraction of sp³-hybridized carbons (Fsp3) is 0.375. The fourth-order valence-corrected chi connectivity index (χ4v) is 4.24.